The van der Waals surface area contributed by atoms with Crippen molar-refractivity contribution in [1.82, 2.24) is 14.8 Å². The zero-order valence-electron chi connectivity index (χ0n) is 16.8. The molecule has 3 aromatic rings. The summed E-state index contributed by atoms with van der Waals surface area (Å²) in [6.07, 6.45) is -2.59. The third kappa shape index (κ3) is 5.10. The first kappa shape index (κ1) is 21.8. The van der Waals surface area contributed by atoms with E-state index in [1.807, 2.05) is 22.9 Å². The van der Waals surface area contributed by atoms with Gasteiger partial charge in [0.2, 0.25) is 0 Å². The van der Waals surface area contributed by atoms with Crippen molar-refractivity contribution >= 4 is 15.9 Å². The summed E-state index contributed by atoms with van der Waals surface area (Å²) in [5.74, 6) is 1.80. The van der Waals surface area contributed by atoms with Crippen LogP contribution in [0, 0.1) is 0 Å². The Labute approximate surface area is 186 Å². The fraction of sp³-hybridized carbons (Fsp3) is 0.364. The van der Waals surface area contributed by atoms with E-state index >= 15 is 0 Å². The van der Waals surface area contributed by atoms with Crippen molar-refractivity contribution in [3.05, 3.63) is 63.9 Å². The van der Waals surface area contributed by atoms with Crippen LogP contribution >= 0.6 is 15.9 Å². The number of hydrogen-bond acceptors (Lipinski definition) is 4. The topological polar surface area (TPSA) is 49.2 Å². The van der Waals surface area contributed by atoms with E-state index in [0.717, 1.165) is 35.0 Å². The zero-order valence-corrected chi connectivity index (χ0v) is 18.4. The number of halogens is 4. The molecule has 0 spiro atoms. The van der Waals surface area contributed by atoms with Crippen LogP contribution in [-0.2, 0) is 17.3 Å². The molecule has 2 aromatic carbocycles. The number of rotatable bonds is 5. The number of benzene rings is 2. The molecule has 0 aliphatic carbocycles. The minimum Gasteiger partial charge on any atom is -0.497 e. The number of aromatic nitrogens is 3. The van der Waals surface area contributed by atoms with Crippen LogP contribution in [0.1, 0.15) is 35.8 Å². The average molecular weight is 496 g/mol. The van der Waals surface area contributed by atoms with Crippen molar-refractivity contribution in [2.24, 2.45) is 0 Å². The second-order valence-electron chi connectivity index (χ2n) is 7.39. The molecule has 1 aliphatic rings. The molecule has 31 heavy (non-hydrogen) atoms. The van der Waals surface area contributed by atoms with Crippen molar-refractivity contribution in [2.75, 3.05) is 20.3 Å². The first-order valence-corrected chi connectivity index (χ1v) is 10.7. The number of nitrogens with zero attached hydrogens (tertiary/aromatic N) is 3. The molecule has 0 atom stereocenters. The van der Waals surface area contributed by atoms with Gasteiger partial charge in [-0.05, 0) is 42.7 Å². The van der Waals surface area contributed by atoms with Crippen LogP contribution in [0.25, 0.3) is 11.4 Å². The second kappa shape index (κ2) is 9.00. The highest BCUT2D eigenvalue weighted by molar-refractivity contribution is 9.10. The van der Waals surface area contributed by atoms with Crippen LogP contribution in [0.15, 0.2) is 46.9 Å². The van der Waals surface area contributed by atoms with Gasteiger partial charge in [-0.1, -0.05) is 34.1 Å². The molecule has 1 saturated heterocycles. The summed E-state index contributed by atoms with van der Waals surface area (Å²) < 4.78 is 52.8. The maximum atomic E-state index is 13.1. The standard InChI is InChI=1S/C22H21BrF3N3O2/c1-30-19-12-15(11-17(23)13-19)21-27-20(28-29(21)18-5-7-31-8-6-18)10-14-3-2-4-16(9-14)22(24,25)26/h2-4,9,11-13,18H,5-8,10H2,1H3. The molecule has 1 aliphatic heterocycles. The predicted molar refractivity (Wildman–Crippen MR) is 113 cm³/mol. The van der Waals surface area contributed by atoms with E-state index in [2.05, 4.69) is 15.9 Å². The lowest BCUT2D eigenvalue weighted by Gasteiger charge is -2.23. The van der Waals surface area contributed by atoms with Crippen LogP contribution in [-0.4, -0.2) is 35.1 Å². The summed E-state index contributed by atoms with van der Waals surface area (Å²) in [4.78, 5) is 4.71. The summed E-state index contributed by atoms with van der Waals surface area (Å²) in [5, 5.41) is 4.70. The fourth-order valence-electron chi connectivity index (χ4n) is 3.67. The lowest BCUT2D eigenvalue weighted by molar-refractivity contribution is -0.137. The van der Waals surface area contributed by atoms with E-state index in [1.54, 1.807) is 13.2 Å². The zero-order chi connectivity index (χ0) is 22.0. The average Bonchev–Trinajstić information content (AvgIpc) is 3.17. The third-order valence-electron chi connectivity index (χ3n) is 5.19. The Morgan fingerprint density at radius 2 is 1.94 bits per heavy atom. The van der Waals surface area contributed by atoms with Crippen LogP contribution in [0.4, 0.5) is 13.2 Å². The maximum absolute atomic E-state index is 13.1. The summed E-state index contributed by atoms with van der Waals surface area (Å²) >= 11 is 3.49. The van der Waals surface area contributed by atoms with Gasteiger partial charge in [0.1, 0.15) is 5.75 Å². The number of hydrogen-bond donors (Lipinski definition) is 0. The Balaban J connectivity index is 1.73. The molecular formula is C22H21BrF3N3O2. The molecule has 164 valence electrons. The minimum atomic E-state index is -4.39. The Morgan fingerprint density at radius 1 is 1.16 bits per heavy atom. The molecule has 1 aromatic heterocycles. The monoisotopic (exact) mass is 495 g/mol. The maximum Gasteiger partial charge on any atom is 0.416 e. The van der Waals surface area contributed by atoms with Gasteiger partial charge in [-0.25, -0.2) is 9.67 Å². The fourth-order valence-corrected chi connectivity index (χ4v) is 4.15. The highest BCUT2D eigenvalue weighted by atomic mass is 79.9. The number of methoxy groups -OCH3 is 1. The van der Waals surface area contributed by atoms with Gasteiger partial charge in [0.25, 0.3) is 0 Å². The van der Waals surface area contributed by atoms with Gasteiger partial charge in [-0.15, -0.1) is 0 Å². The molecule has 9 heteroatoms. The molecule has 0 radical (unpaired) electrons. The number of alkyl halides is 3. The molecule has 2 heterocycles. The smallest absolute Gasteiger partial charge is 0.416 e. The van der Waals surface area contributed by atoms with Crippen molar-refractivity contribution in [1.29, 1.82) is 0 Å². The van der Waals surface area contributed by atoms with Gasteiger partial charge in [0, 0.05) is 29.7 Å². The molecule has 0 saturated carbocycles. The lowest BCUT2D eigenvalue weighted by atomic mass is 10.1. The van der Waals surface area contributed by atoms with Crippen LogP contribution in [0.5, 0.6) is 5.75 Å². The van der Waals surface area contributed by atoms with Crippen LogP contribution < -0.4 is 4.74 Å². The molecule has 4 rings (SSSR count). The Bertz CT molecular complexity index is 1060. The Hall–Kier alpha value is -2.39. The molecule has 0 amide bonds. The van der Waals surface area contributed by atoms with Gasteiger partial charge < -0.3 is 9.47 Å². The van der Waals surface area contributed by atoms with E-state index in [9.17, 15) is 13.2 Å². The van der Waals surface area contributed by atoms with E-state index < -0.39 is 11.7 Å². The summed E-state index contributed by atoms with van der Waals surface area (Å²) in [6.45, 7) is 1.27. The predicted octanol–water partition coefficient (Wildman–Crippen LogP) is 5.68. The van der Waals surface area contributed by atoms with Crippen molar-refractivity contribution < 1.29 is 22.6 Å². The van der Waals surface area contributed by atoms with Crippen LogP contribution in [0.3, 0.4) is 0 Å². The van der Waals surface area contributed by atoms with E-state index in [0.29, 0.717) is 36.2 Å². The van der Waals surface area contributed by atoms with E-state index in [-0.39, 0.29) is 12.5 Å². The van der Waals surface area contributed by atoms with E-state index in [4.69, 9.17) is 19.6 Å². The SMILES string of the molecule is COc1cc(Br)cc(-c2nc(Cc3cccc(C(F)(F)F)c3)nn2C2CCOCC2)c1. The molecule has 0 unspecified atom stereocenters. The quantitative estimate of drug-likeness (QED) is 0.457. The minimum absolute atomic E-state index is 0.108. The largest absolute Gasteiger partial charge is 0.497 e. The van der Waals surface area contributed by atoms with Gasteiger partial charge >= 0.3 is 6.18 Å². The van der Waals surface area contributed by atoms with Crippen LogP contribution in [0.2, 0.25) is 0 Å². The Kier molecular flexibility index (Phi) is 6.34. The van der Waals surface area contributed by atoms with Gasteiger partial charge in [-0.3, -0.25) is 0 Å². The first-order chi connectivity index (χ1) is 14.8. The van der Waals surface area contributed by atoms with Crippen molar-refractivity contribution in [3.8, 4) is 17.1 Å². The van der Waals surface area contributed by atoms with Gasteiger partial charge in [0.05, 0.1) is 18.7 Å². The first-order valence-electron chi connectivity index (χ1n) is 9.88. The van der Waals surface area contributed by atoms with E-state index in [1.165, 1.54) is 6.07 Å². The molecule has 1 fully saturated rings. The summed E-state index contributed by atoms with van der Waals surface area (Å²) in [6, 6.07) is 11.0. The summed E-state index contributed by atoms with van der Waals surface area (Å²) in [5.41, 5.74) is 0.656. The third-order valence-corrected chi connectivity index (χ3v) is 5.65. The molecule has 5 nitrogen and oxygen atoms in total. The lowest BCUT2D eigenvalue weighted by Crippen LogP contribution is -2.21. The normalized spacial score (nSPS) is 15.3. The Morgan fingerprint density at radius 3 is 2.65 bits per heavy atom. The van der Waals surface area contributed by atoms with Crippen molar-refractivity contribution in [2.45, 2.75) is 31.5 Å². The second-order valence-corrected chi connectivity index (χ2v) is 8.31. The molecule has 0 N–H and O–H groups in total. The van der Waals surface area contributed by atoms with Gasteiger partial charge in [-0.2, -0.15) is 18.3 Å². The summed E-state index contributed by atoms with van der Waals surface area (Å²) in [7, 11) is 1.59. The highest BCUT2D eigenvalue weighted by Gasteiger charge is 2.30. The van der Waals surface area contributed by atoms with Gasteiger partial charge in [0.15, 0.2) is 11.6 Å². The molecule has 0 bridgehead atoms. The van der Waals surface area contributed by atoms with Crippen molar-refractivity contribution in [3.63, 3.8) is 0 Å². The number of ether oxygens (including phenoxy) is 2. The highest BCUT2D eigenvalue weighted by Crippen LogP contribution is 2.33. The molecular weight excluding hydrogens is 475 g/mol.